The molecule has 5 rings (SSSR count). The Morgan fingerprint density at radius 1 is 0.741 bits per heavy atom. The van der Waals surface area contributed by atoms with Crippen molar-refractivity contribution in [2.45, 2.75) is 19.3 Å². The Hall–Kier alpha value is -3.06. The van der Waals surface area contributed by atoms with Crippen LogP contribution in [0, 0.1) is 0 Å². The van der Waals surface area contributed by atoms with Gasteiger partial charge in [-0.25, -0.2) is 0 Å². The number of hydrogen-bond donors (Lipinski definition) is 0. The van der Waals surface area contributed by atoms with Gasteiger partial charge in [0.05, 0.1) is 0 Å². The third kappa shape index (κ3) is 2.62. The Kier molecular flexibility index (Phi) is 3.75. The molecule has 0 saturated heterocycles. The first-order chi connectivity index (χ1) is 13.2. The van der Waals surface area contributed by atoms with E-state index < -0.39 is 0 Å². The number of hydrogen-bond acceptors (Lipinski definition) is 0. The molecule has 0 saturated carbocycles. The molecule has 0 bridgehead atoms. The first-order valence-corrected chi connectivity index (χ1v) is 9.66. The molecular formula is C26H23N. The number of fused-ring (bicyclic) bond motifs is 4. The van der Waals surface area contributed by atoms with E-state index in [4.69, 9.17) is 0 Å². The highest BCUT2D eigenvalue weighted by Crippen LogP contribution is 2.35. The third-order valence-electron chi connectivity index (χ3n) is 5.88. The second-order valence-corrected chi connectivity index (χ2v) is 7.60. The summed E-state index contributed by atoms with van der Waals surface area (Å²) < 4.78 is 2.34. The van der Waals surface area contributed by atoms with Crippen LogP contribution in [-0.4, -0.2) is 4.57 Å². The fourth-order valence-corrected chi connectivity index (χ4v) is 4.41. The molecule has 0 radical (unpaired) electrons. The van der Waals surface area contributed by atoms with Crippen LogP contribution in [0.3, 0.4) is 0 Å². The SMILES string of the molecule is CC(Cc1cccc2c1c1cc3ccccc3cc1n2C)c1ccccc1. The van der Waals surface area contributed by atoms with E-state index in [1.165, 1.54) is 43.7 Å². The van der Waals surface area contributed by atoms with E-state index in [2.05, 4.69) is 103 Å². The van der Waals surface area contributed by atoms with Gasteiger partial charge in [0.2, 0.25) is 0 Å². The fraction of sp³-hybridized carbons (Fsp3) is 0.154. The lowest BCUT2D eigenvalue weighted by atomic mass is 9.91. The Bertz CT molecular complexity index is 1260. The van der Waals surface area contributed by atoms with Gasteiger partial charge in [0.1, 0.15) is 0 Å². The third-order valence-corrected chi connectivity index (χ3v) is 5.88. The van der Waals surface area contributed by atoms with Crippen molar-refractivity contribution in [3.63, 3.8) is 0 Å². The highest BCUT2D eigenvalue weighted by Gasteiger charge is 2.15. The van der Waals surface area contributed by atoms with Gasteiger partial charge in [0.25, 0.3) is 0 Å². The quantitative estimate of drug-likeness (QED) is 0.336. The van der Waals surface area contributed by atoms with Crippen LogP contribution in [0.25, 0.3) is 32.6 Å². The largest absolute Gasteiger partial charge is 0.344 e. The van der Waals surface area contributed by atoms with Gasteiger partial charge in [0.15, 0.2) is 0 Å². The van der Waals surface area contributed by atoms with E-state index in [0.29, 0.717) is 5.92 Å². The summed E-state index contributed by atoms with van der Waals surface area (Å²) in [5, 5.41) is 5.38. The van der Waals surface area contributed by atoms with Crippen molar-refractivity contribution in [2.75, 3.05) is 0 Å². The highest BCUT2D eigenvalue weighted by atomic mass is 14.9. The molecule has 0 spiro atoms. The molecule has 4 aromatic carbocycles. The fourth-order valence-electron chi connectivity index (χ4n) is 4.41. The predicted octanol–water partition coefficient (Wildman–Crippen LogP) is 6.83. The topological polar surface area (TPSA) is 4.93 Å². The van der Waals surface area contributed by atoms with Gasteiger partial charge in [-0.15, -0.1) is 0 Å². The zero-order valence-corrected chi connectivity index (χ0v) is 15.8. The van der Waals surface area contributed by atoms with Crippen molar-refractivity contribution in [1.29, 1.82) is 0 Å². The Labute approximate surface area is 159 Å². The van der Waals surface area contributed by atoms with Crippen molar-refractivity contribution < 1.29 is 0 Å². The molecule has 0 aliphatic rings. The maximum absolute atomic E-state index is 2.36. The highest BCUT2D eigenvalue weighted by molar-refractivity contribution is 6.13. The number of aryl methyl sites for hydroxylation is 1. The van der Waals surface area contributed by atoms with E-state index in [1.54, 1.807) is 0 Å². The van der Waals surface area contributed by atoms with Crippen LogP contribution >= 0.6 is 0 Å². The normalized spacial score (nSPS) is 12.8. The van der Waals surface area contributed by atoms with Crippen LogP contribution < -0.4 is 0 Å². The van der Waals surface area contributed by atoms with E-state index in [-0.39, 0.29) is 0 Å². The molecule has 0 amide bonds. The Balaban J connectivity index is 1.73. The first kappa shape index (κ1) is 16.1. The lowest BCUT2D eigenvalue weighted by molar-refractivity contribution is 0.763. The summed E-state index contributed by atoms with van der Waals surface area (Å²) >= 11 is 0. The molecule has 1 atom stereocenters. The minimum Gasteiger partial charge on any atom is -0.344 e. The summed E-state index contributed by atoms with van der Waals surface area (Å²) in [6.45, 7) is 2.33. The molecule has 1 nitrogen and oxygen atoms in total. The Morgan fingerprint density at radius 3 is 2.22 bits per heavy atom. The summed E-state index contributed by atoms with van der Waals surface area (Å²) in [6.07, 6.45) is 1.05. The standard InChI is InChI=1S/C26H23N/c1-18(19-9-4-3-5-10-19)15-22-13-8-14-24-26(22)23-16-20-11-6-7-12-21(20)17-25(23)27(24)2/h3-14,16-18H,15H2,1-2H3. The molecule has 5 aromatic rings. The van der Waals surface area contributed by atoms with E-state index in [9.17, 15) is 0 Å². The molecule has 1 heteroatoms. The number of benzene rings is 4. The van der Waals surface area contributed by atoms with E-state index in [1.807, 2.05) is 0 Å². The molecule has 1 aromatic heterocycles. The van der Waals surface area contributed by atoms with Gasteiger partial charge in [-0.2, -0.15) is 0 Å². The molecule has 132 valence electrons. The van der Waals surface area contributed by atoms with Crippen molar-refractivity contribution in [1.82, 2.24) is 4.57 Å². The van der Waals surface area contributed by atoms with Crippen LogP contribution in [0.15, 0.2) is 84.9 Å². The van der Waals surface area contributed by atoms with Crippen molar-refractivity contribution in [2.24, 2.45) is 7.05 Å². The van der Waals surface area contributed by atoms with Crippen LogP contribution in [0.2, 0.25) is 0 Å². The minimum atomic E-state index is 0.493. The zero-order chi connectivity index (χ0) is 18.4. The summed E-state index contributed by atoms with van der Waals surface area (Å²) in [5.74, 6) is 0.493. The Morgan fingerprint density at radius 2 is 1.44 bits per heavy atom. The van der Waals surface area contributed by atoms with Gasteiger partial charge in [-0.05, 0) is 52.4 Å². The second kappa shape index (κ2) is 6.28. The van der Waals surface area contributed by atoms with E-state index in [0.717, 1.165) is 6.42 Å². The van der Waals surface area contributed by atoms with E-state index >= 15 is 0 Å². The summed E-state index contributed by atoms with van der Waals surface area (Å²) in [4.78, 5) is 0. The molecule has 1 heterocycles. The van der Waals surface area contributed by atoms with Crippen molar-refractivity contribution in [3.05, 3.63) is 96.1 Å². The van der Waals surface area contributed by atoms with Crippen molar-refractivity contribution in [3.8, 4) is 0 Å². The lowest BCUT2D eigenvalue weighted by Crippen LogP contribution is -1.99. The molecular weight excluding hydrogens is 326 g/mol. The number of nitrogens with zero attached hydrogens (tertiary/aromatic N) is 1. The summed E-state index contributed by atoms with van der Waals surface area (Å²) in [6, 6.07) is 30.9. The summed E-state index contributed by atoms with van der Waals surface area (Å²) in [5.41, 5.74) is 5.46. The van der Waals surface area contributed by atoms with Gasteiger partial charge >= 0.3 is 0 Å². The average Bonchev–Trinajstić information content (AvgIpc) is 2.99. The molecule has 1 unspecified atom stereocenters. The minimum absolute atomic E-state index is 0.493. The molecule has 0 aliphatic heterocycles. The predicted molar refractivity (Wildman–Crippen MR) is 116 cm³/mol. The van der Waals surface area contributed by atoms with Gasteiger partial charge < -0.3 is 4.57 Å². The maximum Gasteiger partial charge on any atom is 0.0495 e. The molecule has 27 heavy (non-hydrogen) atoms. The van der Waals surface area contributed by atoms with Crippen LogP contribution in [0.1, 0.15) is 24.0 Å². The van der Waals surface area contributed by atoms with Crippen LogP contribution in [-0.2, 0) is 13.5 Å². The lowest BCUT2D eigenvalue weighted by Gasteiger charge is -2.13. The molecule has 0 fully saturated rings. The first-order valence-electron chi connectivity index (χ1n) is 9.66. The molecule has 0 aliphatic carbocycles. The van der Waals surface area contributed by atoms with Crippen LogP contribution in [0.4, 0.5) is 0 Å². The number of aromatic nitrogens is 1. The average molecular weight is 349 g/mol. The van der Waals surface area contributed by atoms with Crippen LogP contribution in [0.5, 0.6) is 0 Å². The maximum atomic E-state index is 2.36. The number of rotatable bonds is 3. The van der Waals surface area contributed by atoms with Gasteiger partial charge in [0, 0.05) is 28.9 Å². The monoisotopic (exact) mass is 349 g/mol. The van der Waals surface area contributed by atoms with Gasteiger partial charge in [-0.1, -0.05) is 73.7 Å². The summed E-state index contributed by atoms with van der Waals surface area (Å²) in [7, 11) is 2.18. The second-order valence-electron chi connectivity index (χ2n) is 7.60. The van der Waals surface area contributed by atoms with Gasteiger partial charge in [-0.3, -0.25) is 0 Å². The van der Waals surface area contributed by atoms with Crippen molar-refractivity contribution >= 4 is 32.6 Å². The molecule has 0 N–H and O–H groups in total. The zero-order valence-electron chi connectivity index (χ0n) is 15.8. The smallest absolute Gasteiger partial charge is 0.0495 e.